The summed E-state index contributed by atoms with van der Waals surface area (Å²) in [7, 11) is 0. The Hall–Kier alpha value is -0.770. The molecule has 0 aliphatic carbocycles. The zero-order valence-electron chi connectivity index (χ0n) is 7.11. The van der Waals surface area contributed by atoms with Crippen molar-refractivity contribution in [3.63, 3.8) is 0 Å². The number of nitrogens with two attached hydrogens (primary N) is 1. The molecule has 2 rings (SSSR count). The lowest BCUT2D eigenvalue weighted by molar-refractivity contribution is 1.33. The molecule has 74 valence electrons. The van der Waals surface area contributed by atoms with Crippen LogP contribution in [0.2, 0.25) is 4.34 Å². The minimum Gasteiger partial charge on any atom is -0.391 e. The highest BCUT2D eigenvalue weighted by Crippen LogP contribution is 2.36. The fourth-order valence-electron chi connectivity index (χ4n) is 1.12. The monoisotopic (exact) mass is 246 g/mol. The maximum atomic E-state index is 6.00. The van der Waals surface area contributed by atoms with Gasteiger partial charge in [-0.05, 0) is 23.8 Å². The van der Waals surface area contributed by atoms with Crippen molar-refractivity contribution >= 4 is 40.3 Å². The zero-order valence-corrected chi connectivity index (χ0v) is 9.49. The molecule has 0 aliphatic heterocycles. The molecule has 2 aromatic rings. The van der Waals surface area contributed by atoms with Crippen LogP contribution in [0.15, 0.2) is 30.6 Å². The molecule has 0 fully saturated rings. The molecule has 14 heavy (non-hydrogen) atoms. The van der Waals surface area contributed by atoms with Crippen LogP contribution >= 0.6 is 35.3 Å². The van der Waals surface area contributed by atoms with Crippen molar-refractivity contribution in [2.75, 3.05) is 5.73 Å². The van der Waals surface area contributed by atoms with Crippen molar-refractivity contribution in [2.45, 2.75) is 0 Å². The first-order valence-electron chi connectivity index (χ1n) is 3.72. The van der Waals surface area contributed by atoms with Crippen LogP contribution in [0.25, 0.3) is 11.1 Å². The molecule has 0 atom stereocenters. The van der Waals surface area contributed by atoms with Gasteiger partial charge in [0.2, 0.25) is 0 Å². The number of nitrogen functional groups attached to an aromatic ring is 1. The largest absolute Gasteiger partial charge is 0.391 e. The second-order valence-electron chi connectivity index (χ2n) is 2.57. The summed E-state index contributed by atoms with van der Waals surface area (Å²) in [4.78, 5) is 3.94. The van der Waals surface area contributed by atoms with E-state index in [1.807, 2.05) is 18.2 Å². The van der Waals surface area contributed by atoms with E-state index < -0.39 is 0 Å². The van der Waals surface area contributed by atoms with E-state index in [-0.39, 0.29) is 12.4 Å². The molecular formula is C9H8Cl2N2S. The molecule has 2 heterocycles. The summed E-state index contributed by atoms with van der Waals surface area (Å²) < 4.78 is 0.726. The third-order valence-corrected chi connectivity index (χ3v) is 2.88. The molecule has 0 unspecified atom stereocenters. The maximum Gasteiger partial charge on any atom is 0.103 e. The number of pyridine rings is 1. The van der Waals surface area contributed by atoms with Crippen LogP contribution in [-0.2, 0) is 0 Å². The first-order chi connectivity index (χ1) is 6.27. The Morgan fingerprint density at radius 1 is 1.29 bits per heavy atom. The third kappa shape index (κ3) is 2.18. The standard InChI is InChI=1S/C9H7ClN2S.ClH/c10-9-7(5-8(11)13-9)6-1-3-12-4-2-6;/h1-5H,11H2;1H. The van der Waals surface area contributed by atoms with E-state index in [0.717, 1.165) is 20.5 Å². The van der Waals surface area contributed by atoms with Crippen LogP contribution in [0, 0.1) is 0 Å². The molecule has 0 bridgehead atoms. The molecule has 2 nitrogen and oxygen atoms in total. The second-order valence-corrected chi connectivity index (χ2v) is 4.26. The van der Waals surface area contributed by atoms with Crippen molar-refractivity contribution in [1.29, 1.82) is 0 Å². The van der Waals surface area contributed by atoms with Gasteiger partial charge in [-0.25, -0.2) is 0 Å². The van der Waals surface area contributed by atoms with Gasteiger partial charge in [-0.15, -0.1) is 23.7 Å². The average molecular weight is 247 g/mol. The Balaban J connectivity index is 0.000000980. The van der Waals surface area contributed by atoms with Crippen LogP contribution in [0.3, 0.4) is 0 Å². The molecule has 0 aliphatic rings. The maximum absolute atomic E-state index is 6.00. The third-order valence-electron chi connectivity index (χ3n) is 1.70. The van der Waals surface area contributed by atoms with Crippen molar-refractivity contribution in [2.24, 2.45) is 0 Å². The van der Waals surface area contributed by atoms with Crippen molar-refractivity contribution in [1.82, 2.24) is 4.98 Å². The van der Waals surface area contributed by atoms with Gasteiger partial charge >= 0.3 is 0 Å². The molecule has 2 N–H and O–H groups in total. The highest BCUT2D eigenvalue weighted by Gasteiger charge is 2.06. The van der Waals surface area contributed by atoms with E-state index in [2.05, 4.69) is 4.98 Å². The topological polar surface area (TPSA) is 38.9 Å². The Morgan fingerprint density at radius 2 is 1.93 bits per heavy atom. The van der Waals surface area contributed by atoms with Gasteiger partial charge < -0.3 is 5.73 Å². The van der Waals surface area contributed by atoms with Gasteiger partial charge in [-0.3, -0.25) is 4.98 Å². The van der Waals surface area contributed by atoms with Crippen molar-refractivity contribution < 1.29 is 0 Å². The van der Waals surface area contributed by atoms with E-state index in [0.29, 0.717) is 0 Å². The van der Waals surface area contributed by atoms with Crippen LogP contribution in [0.1, 0.15) is 0 Å². The lowest BCUT2D eigenvalue weighted by atomic mass is 10.1. The van der Waals surface area contributed by atoms with E-state index in [1.165, 1.54) is 11.3 Å². The van der Waals surface area contributed by atoms with Crippen LogP contribution < -0.4 is 5.73 Å². The number of halogens is 2. The van der Waals surface area contributed by atoms with Gasteiger partial charge in [-0.1, -0.05) is 11.6 Å². The normalized spacial score (nSPS) is 9.50. The number of rotatable bonds is 1. The molecule has 2 aromatic heterocycles. The highest BCUT2D eigenvalue weighted by molar-refractivity contribution is 7.20. The number of aromatic nitrogens is 1. The van der Waals surface area contributed by atoms with Gasteiger partial charge in [0.1, 0.15) is 4.34 Å². The number of hydrogen-bond donors (Lipinski definition) is 1. The predicted octanol–water partition coefficient (Wildman–Crippen LogP) is 3.47. The van der Waals surface area contributed by atoms with Crippen LogP contribution in [-0.4, -0.2) is 4.98 Å². The van der Waals surface area contributed by atoms with Gasteiger partial charge in [-0.2, -0.15) is 0 Å². The summed E-state index contributed by atoms with van der Waals surface area (Å²) in [5.41, 5.74) is 7.66. The van der Waals surface area contributed by atoms with E-state index in [1.54, 1.807) is 12.4 Å². The minimum atomic E-state index is 0. The molecule has 0 radical (unpaired) electrons. The predicted molar refractivity (Wildman–Crippen MR) is 64.2 cm³/mol. The number of anilines is 1. The SMILES string of the molecule is Cl.Nc1cc(-c2ccncc2)c(Cl)s1. The van der Waals surface area contributed by atoms with E-state index in [9.17, 15) is 0 Å². The Kier molecular flexibility index (Phi) is 3.75. The van der Waals surface area contributed by atoms with Gasteiger partial charge in [0.15, 0.2) is 0 Å². The molecule has 0 saturated carbocycles. The fraction of sp³-hybridized carbons (Fsp3) is 0. The quantitative estimate of drug-likeness (QED) is 0.837. The molecule has 0 amide bonds. The first-order valence-corrected chi connectivity index (χ1v) is 4.92. The molecule has 5 heteroatoms. The summed E-state index contributed by atoms with van der Waals surface area (Å²) in [6.45, 7) is 0. The van der Waals surface area contributed by atoms with Crippen molar-refractivity contribution in [3.05, 3.63) is 34.9 Å². The lowest BCUT2D eigenvalue weighted by Crippen LogP contribution is -1.76. The summed E-state index contributed by atoms with van der Waals surface area (Å²) >= 11 is 7.38. The second kappa shape index (κ2) is 4.64. The Morgan fingerprint density at radius 3 is 2.43 bits per heavy atom. The number of thiophene rings is 1. The Labute approximate surface area is 97.1 Å². The summed E-state index contributed by atoms with van der Waals surface area (Å²) in [6, 6.07) is 5.70. The number of nitrogens with zero attached hydrogens (tertiary/aromatic N) is 1. The zero-order chi connectivity index (χ0) is 9.26. The van der Waals surface area contributed by atoms with Gasteiger partial charge in [0.05, 0.1) is 5.00 Å². The molecule has 0 aromatic carbocycles. The van der Waals surface area contributed by atoms with Gasteiger partial charge in [0, 0.05) is 18.0 Å². The molecule has 0 saturated heterocycles. The van der Waals surface area contributed by atoms with Gasteiger partial charge in [0.25, 0.3) is 0 Å². The summed E-state index contributed by atoms with van der Waals surface area (Å²) in [5, 5.41) is 0.733. The lowest BCUT2D eigenvalue weighted by Gasteiger charge is -1.95. The summed E-state index contributed by atoms with van der Waals surface area (Å²) in [5.74, 6) is 0. The first kappa shape index (κ1) is 11.3. The molecule has 0 spiro atoms. The average Bonchev–Trinajstić information content (AvgIpc) is 2.47. The fourth-order valence-corrected chi connectivity index (χ4v) is 2.22. The highest BCUT2D eigenvalue weighted by atomic mass is 35.5. The van der Waals surface area contributed by atoms with Crippen molar-refractivity contribution in [3.8, 4) is 11.1 Å². The smallest absolute Gasteiger partial charge is 0.103 e. The van der Waals surface area contributed by atoms with E-state index >= 15 is 0 Å². The number of hydrogen-bond acceptors (Lipinski definition) is 3. The Bertz CT molecular complexity index is 414. The minimum absolute atomic E-state index is 0. The molecular weight excluding hydrogens is 239 g/mol. The van der Waals surface area contributed by atoms with Crippen LogP contribution in [0.4, 0.5) is 5.00 Å². The van der Waals surface area contributed by atoms with Crippen LogP contribution in [0.5, 0.6) is 0 Å². The summed E-state index contributed by atoms with van der Waals surface area (Å²) in [6.07, 6.45) is 3.47. The van der Waals surface area contributed by atoms with E-state index in [4.69, 9.17) is 17.3 Å².